The number of ether oxygens (including phenoxy) is 2. The number of allylic oxidation sites excluding steroid dienone is 2. The van der Waals surface area contributed by atoms with E-state index in [9.17, 15) is 18.3 Å². The number of rotatable bonds is 7. The fourth-order valence-corrected chi connectivity index (χ4v) is 5.87. The molecule has 4 aromatic carbocycles. The monoisotopic (exact) mass is 600 g/mol. The summed E-state index contributed by atoms with van der Waals surface area (Å²) in [5, 5.41) is 9.35. The van der Waals surface area contributed by atoms with Crippen LogP contribution < -0.4 is 9.47 Å². The maximum absolute atomic E-state index is 11.8. The molecule has 0 saturated heterocycles. The number of aliphatic hydroxyl groups excluding tert-OH is 1. The van der Waals surface area contributed by atoms with Gasteiger partial charge in [-0.15, -0.1) is 0 Å². The molecule has 0 fully saturated rings. The summed E-state index contributed by atoms with van der Waals surface area (Å²) in [6, 6.07) is 29.1. The van der Waals surface area contributed by atoms with E-state index in [2.05, 4.69) is 49.9 Å². The lowest BCUT2D eigenvalue weighted by atomic mass is 9.71. The quantitative estimate of drug-likeness (QED) is 0.177. The smallest absolute Gasteiger partial charge is 0.193 e. The summed E-state index contributed by atoms with van der Waals surface area (Å²) in [5.74, 6) is 1.45. The van der Waals surface area contributed by atoms with E-state index in [1.165, 1.54) is 17.2 Å². The van der Waals surface area contributed by atoms with Crippen molar-refractivity contribution in [2.75, 3.05) is 20.5 Å². The predicted molar refractivity (Wildman–Crippen MR) is 175 cm³/mol. The number of carbonyl (C=O) groups excluding carboxylic acids is 1. The standard InChI is InChI=1S/C23H24O3.C12H10O3S.CH4.H2/c1-23(18-6-4-17(16-24)5-7-18,19-8-12-21(25-2)13-9-19)20-10-14-22(26-3)15-11-20;1-8-6-7-9-10(12(8)13)4-3-5-11(9)16(2,14)15;;/h4-15,24H,16H2,1-3H3;3-7H,1H2,2H3;1H4;1H. The van der Waals surface area contributed by atoms with Crippen LogP contribution in [0.2, 0.25) is 0 Å². The van der Waals surface area contributed by atoms with Gasteiger partial charge in [0.2, 0.25) is 0 Å². The minimum absolute atomic E-state index is 0. The highest BCUT2D eigenvalue weighted by Crippen LogP contribution is 2.40. The van der Waals surface area contributed by atoms with Crippen molar-refractivity contribution in [3.63, 3.8) is 0 Å². The van der Waals surface area contributed by atoms with Crippen molar-refractivity contribution in [3.05, 3.63) is 143 Å². The van der Waals surface area contributed by atoms with Gasteiger partial charge in [-0.05, 0) is 59.5 Å². The van der Waals surface area contributed by atoms with E-state index in [1.54, 1.807) is 38.5 Å². The molecule has 1 aliphatic carbocycles. The van der Waals surface area contributed by atoms with E-state index in [-0.39, 0.29) is 31.6 Å². The average Bonchev–Trinajstić information content (AvgIpc) is 3.02. The highest BCUT2D eigenvalue weighted by atomic mass is 32.2. The number of sulfone groups is 1. The van der Waals surface area contributed by atoms with Crippen LogP contribution in [0.4, 0.5) is 0 Å². The average molecular weight is 601 g/mol. The summed E-state index contributed by atoms with van der Waals surface area (Å²) >= 11 is 0. The number of hydrogen-bond donors (Lipinski definition) is 1. The largest absolute Gasteiger partial charge is 0.497 e. The SMILES string of the molecule is C.C=C1C=Cc2c(cccc2S(C)(=O)=O)C1=O.COc1ccc(C(C)(c2ccc(CO)cc2)c2ccc(OC)cc2)cc1.[HH]. The van der Waals surface area contributed by atoms with E-state index in [4.69, 9.17) is 9.47 Å². The van der Waals surface area contributed by atoms with Crippen molar-refractivity contribution in [1.82, 2.24) is 0 Å². The van der Waals surface area contributed by atoms with Crippen molar-refractivity contribution in [2.24, 2.45) is 0 Å². The van der Waals surface area contributed by atoms with Crippen LogP contribution in [0.25, 0.3) is 6.08 Å². The summed E-state index contributed by atoms with van der Waals surface area (Å²) in [7, 11) is 0.0255. The molecule has 0 bridgehead atoms. The van der Waals surface area contributed by atoms with E-state index in [0.29, 0.717) is 16.7 Å². The molecule has 7 heteroatoms. The van der Waals surface area contributed by atoms with E-state index >= 15 is 0 Å². The lowest BCUT2D eigenvalue weighted by molar-refractivity contribution is 0.103. The van der Waals surface area contributed by atoms with Crippen LogP contribution in [0.1, 0.15) is 54.0 Å². The number of methoxy groups -OCH3 is 2. The Bertz CT molecular complexity index is 1610. The molecule has 1 N–H and O–H groups in total. The number of fused-ring (bicyclic) bond motifs is 1. The molecule has 43 heavy (non-hydrogen) atoms. The third kappa shape index (κ3) is 6.96. The van der Waals surface area contributed by atoms with Gasteiger partial charge in [0.15, 0.2) is 15.6 Å². The summed E-state index contributed by atoms with van der Waals surface area (Å²) in [6.45, 7) is 5.86. The molecule has 6 nitrogen and oxygen atoms in total. The van der Waals surface area contributed by atoms with Crippen molar-refractivity contribution in [1.29, 1.82) is 0 Å². The summed E-state index contributed by atoms with van der Waals surface area (Å²) < 4.78 is 33.7. The Labute approximate surface area is 256 Å². The van der Waals surface area contributed by atoms with E-state index in [0.717, 1.165) is 28.9 Å². The van der Waals surface area contributed by atoms with Gasteiger partial charge in [0.25, 0.3) is 0 Å². The fraction of sp³-hybridized carbons (Fsp3) is 0.194. The lowest BCUT2D eigenvalue weighted by Crippen LogP contribution is -2.25. The number of benzene rings is 4. The van der Waals surface area contributed by atoms with Crippen LogP contribution in [0.3, 0.4) is 0 Å². The molecule has 5 rings (SSSR count). The van der Waals surface area contributed by atoms with E-state index < -0.39 is 9.84 Å². The molecule has 0 aromatic heterocycles. The first kappa shape index (κ1) is 33.0. The second kappa shape index (κ2) is 13.7. The number of hydrogen-bond acceptors (Lipinski definition) is 6. The van der Waals surface area contributed by atoms with E-state index in [1.807, 2.05) is 36.4 Å². The maximum Gasteiger partial charge on any atom is 0.193 e. The van der Waals surface area contributed by atoms with Gasteiger partial charge in [0.1, 0.15) is 11.5 Å². The van der Waals surface area contributed by atoms with Gasteiger partial charge in [-0.3, -0.25) is 4.79 Å². The van der Waals surface area contributed by atoms with Gasteiger partial charge in [-0.1, -0.05) is 86.8 Å². The third-order valence-corrected chi connectivity index (χ3v) is 8.66. The first-order valence-corrected chi connectivity index (χ1v) is 15.2. The Morgan fingerprint density at radius 2 is 1.26 bits per heavy atom. The predicted octanol–water partition coefficient (Wildman–Crippen LogP) is 7.29. The molecule has 0 radical (unpaired) electrons. The van der Waals surface area contributed by atoms with Crippen LogP contribution >= 0.6 is 0 Å². The zero-order valence-corrected chi connectivity index (χ0v) is 24.9. The zero-order valence-electron chi connectivity index (χ0n) is 24.1. The minimum Gasteiger partial charge on any atom is -0.497 e. The number of carbonyl (C=O) groups is 1. The van der Waals surface area contributed by atoms with Crippen molar-refractivity contribution >= 4 is 21.7 Å². The Balaban J connectivity index is 0.000000324. The molecular formula is C36H40O6S. The van der Waals surface area contributed by atoms with Gasteiger partial charge >= 0.3 is 0 Å². The zero-order chi connectivity index (χ0) is 30.5. The highest BCUT2D eigenvalue weighted by molar-refractivity contribution is 7.90. The lowest BCUT2D eigenvalue weighted by Gasteiger charge is -2.32. The maximum atomic E-state index is 11.8. The molecule has 0 saturated carbocycles. The van der Waals surface area contributed by atoms with Crippen LogP contribution in [0.5, 0.6) is 11.5 Å². The van der Waals surface area contributed by atoms with Gasteiger partial charge in [0.05, 0.1) is 25.7 Å². The van der Waals surface area contributed by atoms with Gasteiger partial charge in [0, 0.05) is 29.8 Å². The first-order chi connectivity index (χ1) is 20.0. The molecule has 0 atom stereocenters. The molecule has 226 valence electrons. The molecule has 0 amide bonds. The molecule has 0 spiro atoms. The van der Waals surface area contributed by atoms with Crippen LogP contribution in [0.15, 0.2) is 114 Å². The number of aliphatic hydroxyl groups is 1. The number of ketones is 1. The third-order valence-electron chi connectivity index (χ3n) is 7.50. The highest BCUT2D eigenvalue weighted by Gasteiger charge is 2.31. The molecule has 4 aromatic rings. The van der Waals surface area contributed by atoms with Gasteiger partial charge < -0.3 is 14.6 Å². The second-order valence-corrected chi connectivity index (χ2v) is 12.1. The molecule has 0 aliphatic heterocycles. The Morgan fingerprint density at radius 3 is 1.67 bits per heavy atom. The Hall–Kier alpha value is -4.46. The summed E-state index contributed by atoms with van der Waals surface area (Å²) in [6.07, 6.45) is 4.29. The van der Waals surface area contributed by atoms with Crippen molar-refractivity contribution in [3.8, 4) is 11.5 Å². The van der Waals surface area contributed by atoms with Crippen molar-refractivity contribution in [2.45, 2.75) is 31.3 Å². The van der Waals surface area contributed by atoms with Crippen LogP contribution in [-0.4, -0.2) is 39.8 Å². The normalized spacial score (nSPS) is 12.4. The van der Waals surface area contributed by atoms with Gasteiger partial charge in [-0.2, -0.15) is 0 Å². The summed E-state index contributed by atoms with van der Waals surface area (Å²) in [5.41, 5.74) is 5.29. The minimum atomic E-state index is -3.32. The number of Topliss-reactive ketones (excluding diaryl/α,β-unsaturated/α-hetero) is 1. The Kier molecular flexibility index (Phi) is 10.5. The topological polar surface area (TPSA) is 89.9 Å². The van der Waals surface area contributed by atoms with Crippen LogP contribution in [-0.2, 0) is 21.9 Å². The first-order valence-electron chi connectivity index (χ1n) is 13.3. The second-order valence-electron chi connectivity index (χ2n) is 10.1. The fourth-order valence-electron chi connectivity index (χ4n) is 4.96. The van der Waals surface area contributed by atoms with Crippen LogP contribution in [0, 0.1) is 0 Å². The van der Waals surface area contributed by atoms with Crippen molar-refractivity contribution < 1.29 is 29.2 Å². The Morgan fingerprint density at radius 1 is 0.791 bits per heavy atom. The summed E-state index contributed by atoms with van der Waals surface area (Å²) in [4.78, 5) is 11.9. The molecule has 1 aliphatic rings. The molecule has 0 heterocycles. The van der Waals surface area contributed by atoms with Gasteiger partial charge in [-0.25, -0.2) is 8.42 Å². The molecule has 0 unspecified atom stereocenters. The molecular weight excluding hydrogens is 560 g/mol.